The lowest BCUT2D eigenvalue weighted by molar-refractivity contribution is 0.373. The number of ether oxygens (including phenoxy) is 1. The summed E-state index contributed by atoms with van der Waals surface area (Å²) in [6.07, 6.45) is 9.48. The maximum atomic E-state index is 10.1. The van der Waals surface area contributed by atoms with Gasteiger partial charge in [0.15, 0.2) is 11.5 Å². The predicted octanol–water partition coefficient (Wildman–Crippen LogP) is 6.52. The van der Waals surface area contributed by atoms with Crippen molar-refractivity contribution in [1.29, 1.82) is 0 Å². The van der Waals surface area contributed by atoms with E-state index < -0.39 is 0 Å². The average molecular weight is 385 g/mol. The van der Waals surface area contributed by atoms with Crippen LogP contribution in [-0.4, -0.2) is 17.3 Å². The Morgan fingerprint density at radius 1 is 1.00 bits per heavy atom. The van der Waals surface area contributed by atoms with E-state index in [-0.39, 0.29) is 5.75 Å². The van der Waals surface area contributed by atoms with Crippen molar-refractivity contribution in [3.05, 3.63) is 65.2 Å². The number of aromatic hydroxyl groups is 2. The van der Waals surface area contributed by atoms with Crippen molar-refractivity contribution in [3.8, 4) is 17.2 Å². The summed E-state index contributed by atoms with van der Waals surface area (Å²) >= 11 is 0. The van der Waals surface area contributed by atoms with E-state index in [2.05, 4.69) is 26.5 Å². The number of allylic oxidation sites excluding steroid dienone is 1. The SMILES string of the molecule is C=CCc1ccc(O)c(OC)c1.CCCCc1ccc(C)c(O)c1CCCC. The van der Waals surface area contributed by atoms with Crippen molar-refractivity contribution in [3.63, 3.8) is 0 Å². The zero-order valence-electron chi connectivity index (χ0n) is 17.9. The van der Waals surface area contributed by atoms with Gasteiger partial charge in [-0.2, -0.15) is 0 Å². The van der Waals surface area contributed by atoms with E-state index in [1.165, 1.54) is 37.5 Å². The lowest BCUT2D eigenvalue weighted by Gasteiger charge is -2.13. The highest BCUT2D eigenvalue weighted by atomic mass is 16.5. The fourth-order valence-electron chi connectivity index (χ4n) is 3.04. The standard InChI is InChI=1S/C15H24O.C10H12O2/c1-4-6-8-13-11-10-12(3)15(16)14(13)9-7-5-2;1-3-4-8-5-6-9(11)10(7-8)12-2/h10-11,16H,4-9H2,1-3H3;3,5-7,11H,1,4H2,2H3. The van der Waals surface area contributed by atoms with Crippen LogP contribution in [0.25, 0.3) is 0 Å². The topological polar surface area (TPSA) is 49.7 Å². The number of aryl methyl sites for hydroxylation is 2. The average Bonchev–Trinajstić information content (AvgIpc) is 2.70. The van der Waals surface area contributed by atoms with Crippen LogP contribution >= 0.6 is 0 Å². The van der Waals surface area contributed by atoms with Crippen molar-refractivity contribution in [2.75, 3.05) is 7.11 Å². The van der Waals surface area contributed by atoms with Crippen LogP contribution in [0.3, 0.4) is 0 Å². The molecule has 0 fully saturated rings. The van der Waals surface area contributed by atoms with Gasteiger partial charge in [0, 0.05) is 0 Å². The Balaban J connectivity index is 0.000000292. The van der Waals surface area contributed by atoms with E-state index in [9.17, 15) is 10.2 Å². The Morgan fingerprint density at radius 2 is 1.68 bits per heavy atom. The number of methoxy groups -OCH3 is 1. The summed E-state index contributed by atoms with van der Waals surface area (Å²) < 4.78 is 4.95. The van der Waals surface area contributed by atoms with E-state index in [1.54, 1.807) is 12.1 Å². The van der Waals surface area contributed by atoms with Crippen LogP contribution in [0.2, 0.25) is 0 Å². The second kappa shape index (κ2) is 12.9. The fraction of sp³-hybridized carbons (Fsp3) is 0.440. The molecule has 3 heteroatoms. The Hall–Kier alpha value is -2.42. The largest absolute Gasteiger partial charge is 0.507 e. The van der Waals surface area contributed by atoms with Crippen LogP contribution in [0.1, 0.15) is 61.8 Å². The maximum absolute atomic E-state index is 10.1. The predicted molar refractivity (Wildman–Crippen MR) is 119 cm³/mol. The summed E-state index contributed by atoms with van der Waals surface area (Å²) in [5.41, 5.74) is 4.62. The normalized spacial score (nSPS) is 10.1. The lowest BCUT2D eigenvalue weighted by atomic mass is 9.95. The number of unbranched alkanes of at least 4 members (excludes halogenated alkanes) is 2. The fourth-order valence-corrected chi connectivity index (χ4v) is 3.04. The molecule has 0 aliphatic rings. The Labute approximate surface area is 170 Å². The van der Waals surface area contributed by atoms with Crippen molar-refractivity contribution in [2.24, 2.45) is 0 Å². The summed E-state index contributed by atoms with van der Waals surface area (Å²) in [4.78, 5) is 0. The Morgan fingerprint density at radius 3 is 2.29 bits per heavy atom. The van der Waals surface area contributed by atoms with Gasteiger partial charge in [0.25, 0.3) is 0 Å². The molecule has 0 amide bonds. The second-order valence-corrected chi connectivity index (χ2v) is 7.07. The molecule has 2 aromatic carbocycles. The quantitative estimate of drug-likeness (QED) is 0.484. The molecule has 0 bridgehead atoms. The molecule has 0 aliphatic heterocycles. The van der Waals surface area contributed by atoms with Gasteiger partial charge >= 0.3 is 0 Å². The molecule has 0 saturated heterocycles. The first-order valence-electron chi connectivity index (χ1n) is 10.2. The number of phenolic OH excluding ortho intramolecular Hbond substituents is 2. The Kier molecular flexibility index (Phi) is 10.9. The molecule has 2 aromatic rings. The molecular formula is C25H36O3. The summed E-state index contributed by atoms with van der Waals surface area (Å²) in [6.45, 7) is 10.0. The summed E-state index contributed by atoms with van der Waals surface area (Å²) in [5.74, 6) is 1.21. The van der Waals surface area contributed by atoms with E-state index in [0.717, 1.165) is 36.8 Å². The van der Waals surface area contributed by atoms with Gasteiger partial charge in [-0.25, -0.2) is 0 Å². The molecule has 0 atom stereocenters. The minimum Gasteiger partial charge on any atom is -0.507 e. The van der Waals surface area contributed by atoms with Crippen molar-refractivity contribution >= 4 is 0 Å². The van der Waals surface area contributed by atoms with Crippen LogP contribution in [-0.2, 0) is 19.3 Å². The molecule has 0 heterocycles. The highest BCUT2D eigenvalue weighted by Gasteiger charge is 2.09. The van der Waals surface area contributed by atoms with Gasteiger partial charge in [-0.1, -0.05) is 51.0 Å². The van der Waals surface area contributed by atoms with Crippen molar-refractivity contribution in [1.82, 2.24) is 0 Å². The molecule has 2 rings (SSSR count). The molecular weight excluding hydrogens is 348 g/mol. The highest BCUT2D eigenvalue weighted by molar-refractivity contribution is 5.45. The van der Waals surface area contributed by atoms with Gasteiger partial charge in [-0.05, 0) is 73.4 Å². The van der Waals surface area contributed by atoms with Gasteiger partial charge in [0.1, 0.15) is 5.75 Å². The maximum Gasteiger partial charge on any atom is 0.160 e. The van der Waals surface area contributed by atoms with Gasteiger partial charge in [0.2, 0.25) is 0 Å². The lowest BCUT2D eigenvalue weighted by Crippen LogP contribution is -1.97. The summed E-state index contributed by atoms with van der Waals surface area (Å²) in [7, 11) is 1.53. The molecule has 0 aromatic heterocycles. The van der Waals surface area contributed by atoms with Crippen molar-refractivity contribution in [2.45, 2.75) is 65.7 Å². The van der Waals surface area contributed by atoms with E-state index in [1.807, 2.05) is 25.1 Å². The first-order chi connectivity index (χ1) is 13.5. The number of phenols is 2. The molecule has 0 saturated carbocycles. The molecule has 0 aliphatic carbocycles. The number of hydrogen-bond acceptors (Lipinski definition) is 3. The first kappa shape index (κ1) is 23.6. The molecule has 2 N–H and O–H groups in total. The number of benzene rings is 2. The van der Waals surface area contributed by atoms with Crippen LogP contribution < -0.4 is 4.74 Å². The Bertz CT molecular complexity index is 735. The van der Waals surface area contributed by atoms with Gasteiger partial charge < -0.3 is 14.9 Å². The summed E-state index contributed by atoms with van der Waals surface area (Å²) in [6, 6.07) is 9.50. The molecule has 0 radical (unpaired) electrons. The van der Waals surface area contributed by atoms with Gasteiger partial charge in [0.05, 0.1) is 7.11 Å². The minimum absolute atomic E-state index is 0.172. The molecule has 3 nitrogen and oxygen atoms in total. The van der Waals surface area contributed by atoms with E-state index in [4.69, 9.17) is 4.74 Å². The zero-order chi connectivity index (χ0) is 20.9. The molecule has 28 heavy (non-hydrogen) atoms. The second-order valence-electron chi connectivity index (χ2n) is 7.07. The smallest absolute Gasteiger partial charge is 0.160 e. The third kappa shape index (κ3) is 7.30. The van der Waals surface area contributed by atoms with Crippen LogP contribution in [0.5, 0.6) is 17.2 Å². The van der Waals surface area contributed by atoms with Gasteiger partial charge in [-0.3, -0.25) is 0 Å². The van der Waals surface area contributed by atoms with Crippen molar-refractivity contribution < 1.29 is 14.9 Å². The van der Waals surface area contributed by atoms with E-state index in [0.29, 0.717) is 11.5 Å². The first-order valence-corrected chi connectivity index (χ1v) is 10.2. The summed E-state index contributed by atoms with van der Waals surface area (Å²) in [5, 5.41) is 19.4. The van der Waals surface area contributed by atoms with Crippen LogP contribution in [0.4, 0.5) is 0 Å². The third-order valence-corrected chi connectivity index (χ3v) is 4.79. The molecule has 0 spiro atoms. The van der Waals surface area contributed by atoms with Gasteiger partial charge in [-0.15, -0.1) is 6.58 Å². The molecule has 154 valence electrons. The monoisotopic (exact) mass is 384 g/mol. The number of hydrogen-bond donors (Lipinski definition) is 2. The van der Waals surface area contributed by atoms with Crippen LogP contribution in [0.15, 0.2) is 43.0 Å². The molecule has 0 unspecified atom stereocenters. The highest BCUT2D eigenvalue weighted by Crippen LogP contribution is 2.28. The van der Waals surface area contributed by atoms with Crippen LogP contribution in [0, 0.1) is 6.92 Å². The van der Waals surface area contributed by atoms with E-state index >= 15 is 0 Å². The zero-order valence-corrected chi connectivity index (χ0v) is 17.9. The number of rotatable bonds is 9. The minimum atomic E-state index is 0.172. The third-order valence-electron chi connectivity index (χ3n) is 4.79.